The van der Waals surface area contributed by atoms with E-state index in [0.29, 0.717) is 5.06 Å². The fourth-order valence-electron chi connectivity index (χ4n) is 2.31. The Morgan fingerprint density at radius 3 is 2.11 bits per heavy atom. The first-order valence-corrected chi connectivity index (χ1v) is 7.57. The van der Waals surface area contributed by atoms with Crippen LogP contribution in [0.2, 0.25) is 0 Å². The highest BCUT2D eigenvalue weighted by Gasteiger charge is 2.31. The molecule has 0 saturated carbocycles. The summed E-state index contributed by atoms with van der Waals surface area (Å²) in [5.41, 5.74) is -1.14. The molecule has 0 aromatic heterocycles. The van der Waals surface area contributed by atoms with Crippen molar-refractivity contribution < 1.29 is 41.9 Å². The molecule has 2 aromatic carbocycles. The minimum atomic E-state index is -2.84. The predicted octanol–water partition coefficient (Wildman–Crippen LogP) is 3.85. The summed E-state index contributed by atoms with van der Waals surface area (Å²) in [6.07, 6.45) is -4.72. The van der Waals surface area contributed by atoms with E-state index in [0.717, 1.165) is 7.05 Å². The van der Waals surface area contributed by atoms with Crippen molar-refractivity contribution in [3.05, 3.63) is 70.3 Å². The molecule has 0 radical (unpaired) electrons. The van der Waals surface area contributed by atoms with Gasteiger partial charge in [0.15, 0.2) is 23.3 Å². The van der Waals surface area contributed by atoms with Gasteiger partial charge in [0.25, 0.3) is 5.91 Å². The summed E-state index contributed by atoms with van der Waals surface area (Å²) in [5.74, 6) is -9.10. The average molecular weight is 404 g/mol. The van der Waals surface area contributed by atoms with E-state index in [9.17, 15) is 36.6 Å². The second kappa shape index (κ2) is 8.21. The Morgan fingerprint density at radius 2 is 1.61 bits per heavy atom. The largest absolute Gasteiger partial charge is 0.465 e. The van der Waals surface area contributed by atoms with Gasteiger partial charge in [0.1, 0.15) is 0 Å². The first-order chi connectivity index (χ1) is 13.0. The van der Waals surface area contributed by atoms with Gasteiger partial charge in [-0.2, -0.15) is 0 Å². The molecule has 6 nitrogen and oxygen atoms in total. The Kier molecular flexibility index (Phi) is 6.19. The number of benzene rings is 2. The van der Waals surface area contributed by atoms with Crippen molar-refractivity contribution in [3.8, 4) is 0 Å². The molecule has 150 valence electrons. The van der Waals surface area contributed by atoms with Gasteiger partial charge in [-0.3, -0.25) is 14.9 Å². The van der Waals surface area contributed by atoms with E-state index in [-0.39, 0.29) is 22.1 Å². The highest BCUT2D eigenvalue weighted by atomic mass is 19.2. The van der Waals surface area contributed by atoms with Crippen LogP contribution in [0, 0.1) is 23.3 Å². The van der Waals surface area contributed by atoms with Gasteiger partial charge < -0.3 is 5.11 Å². The summed E-state index contributed by atoms with van der Waals surface area (Å²) in [5, 5.41) is 18.6. The number of rotatable bonds is 5. The van der Waals surface area contributed by atoms with Crippen LogP contribution in [0.1, 0.15) is 27.8 Å². The van der Waals surface area contributed by atoms with Crippen molar-refractivity contribution in [2.75, 3.05) is 7.05 Å². The fraction of sp³-hybridized carbons (Fsp3) is 0.176. The summed E-state index contributed by atoms with van der Waals surface area (Å²) in [7, 11) is 1.09. The molecule has 0 heterocycles. The van der Waals surface area contributed by atoms with Gasteiger partial charge in [-0.1, -0.05) is 12.1 Å². The van der Waals surface area contributed by atoms with E-state index < -0.39 is 53.7 Å². The maximum atomic E-state index is 14.6. The summed E-state index contributed by atoms with van der Waals surface area (Å²) in [4.78, 5) is 22.9. The van der Waals surface area contributed by atoms with Gasteiger partial charge in [0.2, 0.25) is 6.30 Å². The molecule has 0 aliphatic carbocycles. The number of carbonyl (C=O) groups is 2. The number of carboxylic acid groups (broad SMARTS) is 1. The van der Waals surface area contributed by atoms with Crippen LogP contribution in [0.3, 0.4) is 0 Å². The van der Waals surface area contributed by atoms with Crippen LogP contribution in [-0.4, -0.2) is 39.3 Å². The van der Waals surface area contributed by atoms with Gasteiger partial charge in [-0.15, -0.1) is 0 Å². The Bertz CT molecular complexity index is 905. The van der Waals surface area contributed by atoms with Crippen LogP contribution in [0.15, 0.2) is 30.3 Å². The summed E-state index contributed by atoms with van der Waals surface area (Å²) < 4.78 is 67.9. The molecule has 1 unspecified atom stereocenters. The molecule has 0 spiro atoms. The lowest BCUT2D eigenvalue weighted by atomic mass is 10.1. The number of carbonyl (C=O) groups excluding carboxylic acids is 1. The predicted molar refractivity (Wildman–Crippen MR) is 84.0 cm³/mol. The van der Waals surface area contributed by atoms with Crippen molar-refractivity contribution in [1.29, 1.82) is 0 Å². The zero-order valence-corrected chi connectivity index (χ0v) is 14.2. The minimum Gasteiger partial charge on any atom is -0.465 e. The highest BCUT2D eigenvalue weighted by Crippen LogP contribution is 2.30. The molecule has 0 fully saturated rings. The molecule has 1 atom stereocenters. The topological polar surface area (TPSA) is 81.1 Å². The lowest BCUT2D eigenvalue weighted by molar-refractivity contribution is -0.0374. The Hall–Kier alpha value is -3.21. The third-order valence-electron chi connectivity index (χ3n) is 3.75. The first-order valence-electron chi connectivity index (χ1n) is 7.57. The molecule has 0 bridgehead atoms. The van der Waals surface area contributed by atoms with Crippen LogP contribution >= 0.6 is 0 Å². The second-order valence-electron chi connectivity index (χ2n) is 5.66. The average Bonchev–Trinajstić information content (AvgIpc) is 2.66. The number of halogens is 5. The maximum Gasteiger partial charge on any atom is 0.410 e. The molecule has 0 saturated heterocycles. The molecule has 11 heteroatoms. The second-order valence-corrected chi connectivity index (χ2v) is 5.66. The standard InChI is InChI=1S/C17H13F5N2O4/c1-23(28)16(25)9-4-2-8(3-5-9)7-24(17(26)27)15(22)10-6-11(18)13(20)14(21)12(10)19/h2-6,15,28H,7H2,1H3,(H,26,27). The Labute approximate surface area is 155 Å². The van der Waals surface area contributed by atoms with Crippen molar-refractivity contribution in [3.63, 3.8) is 0 Å². The quantitative estimate of drug-likeness (QED) is 0.198. The van der Waals surface area contributed by atoms with Crippen LogP contribution in [0.25, 0.3) is 0 Å². The molecule has 2 amide bonds. The smallest absolute Gasteiger partial charge is 0.410 e. The molecule has 0 aliphatic rings. The third-order valence-corrected chi connectivity index (χ3v) is 3.75. The molecule has 2 N–H and O–H groups in total. The van der Waals surface area contributed by atoms with E-state index in [1.165, 1.54) is 24.3 Å². The lowest BCUT2D eigenvalue weighted by Crippen LogP contribution is -2.32. The van der Waals surface area contributed by atoms with Crippen LogP contribution in [0.4, 0.5) is 26.7 Å². The van der Waals surface area contributed by atoms with Crippen molar-refractivity contribution >= 4 is 12.0 Å². The van der Waals surface area contributed by atoms with E-state index >= 15 is 0 Å². The number of hydroxylamine groups is 2. The Morgan fingerprint density at radius 1 is 1.04 bits per heavy atom. The molecular formula is C17H13F5N2O4. The minimum absolute atomic E-state index is 0.0319. The summed E-state index contributed by atoms with van der Waals surface area (Å²) in [6.45, 7) is -0.681. The number of hydrogen-bond acceptors (Lipinski definition) is 3. The highest BCUT2D eigenvalue weighted by molar-refractivity contribution is 5.93. The molecule has 28 heavy (non-hydrogen) atoms. The molecule has 0 aliphatic heterocycles. The van der Waals surface area contributed by atoms with E-state index in [4.69, 9.17) is 5.21 Å². The summed E-state index contributed by atoms with van der Waals surface area (Å²) >= 11 is 0. The van der Waals surface area contributed by atoms with E-state index in [2.05, 4.69) is 0 Å². The van der Waals surface area contributed by atoms with Crippen LogP contribution < -0.4 is 0 Å². The van der Waals surface area contributed by atoms with Gasteiger partial charge in [-0.25, -0.2) is 31.8 Å². The monoisotopic (exact) mass is 404 g/mol. The Balaban J connectivity index is 2.32. The fourth-order valence-corrected chi connectivity index (χ4v) is 2.31. The summed E-state index contributed by atoms with van der Waals surface area (Å²) in [6, 6.07) is 4.95. The SMILES string of the molecule is CN(O)C(=O)c1ccc(CN(C(=O)O)C(F)c2cc(F)c(F)c(F)c2F)cc1. The van der Waals surface area contributed by atoms with Crippen molar-refractivity contribution in [2.45, 2.75) is 12.8 Å². The van der Waals surface area contributed by atoms with Crippen LogP contribution in [-0.2, 0) is 6.54 Å². The zero-order chi connectivity index (χ0) is 21.2. The lowest BCUT2D eigenvalue weighted by Gasteiger charge is -2.24. The number of amides is 2. The zero-order valence-electron chi connectivity index (χ0n) is 14.2. The van der Waals surface area contributed by atoms with Gasteiger partial charge in [-0.05, 0) is 23.8 Å². The van der Waals surface area contributed by atoms with E-state index in [1.54, 1.807) is 0 Å². The van der Waals surface area contributed by atoms with Gasteiger partial charge >= 0.3 is 6.09 Å². The van der Waals surface area contributed by atoms with Gasteiger partial charge in [0, 0.05) is 18.2 Å². The number of hydrogen-bond donors (Lipinski definition) is 2. The maximum absolute atomic E-state index is 14.6. The number of nitrogens with zero attached hydrogens (tertiary/aromatic N) is 2. The van der Waals surface area contributed by atoms with E-state index in [1.807, 2.05) is 0 Å². The first kappa shape index (κ1) is 21.1. The molecular weight excluding hydrogens is 391 g/mol. The van der Waals surface area contributed by atoms with Crippen molar-refractivity contribution in [2.24, 2.45) is 0 Å². The van der Waals surface area contributed by atoms with Crippen LogP contribution in [0.5, 0.6) is 0 Å². The number of alkyl halides is 1. The molecule has 2 aromatic rings. The third kappa shape index (κ3) is 4.19. The molecule has 2 rings (SSSR count). The van der Waals surface area contributed by atoms with Gasteiger partial charge in [0.05, 0.1) is 6.54 Å². The van der Waals surface area contributed by atoms with Crippen molar-refractivity contribution in [1.82, 2.24) is 9.96 Å². The normalized spacial score (nSPS) is 11.8.